The fraction of sp³-hybridized carbons (Fsp3) is 0. The Labute approximate surface area is 39.1 Å². The second kappa shape index (κ2) is 2.52. The first-order valence-electron chi connectivity index (χ1n) is 1.05. The van der Waals surface area contributed by atoms with Gasteiger partial charge in [-0.3, -0.25) is 0 Å². The summed E-state index contributed by atoms with van der Waals surface area (Å²) in [4.78, 5) is 0. The van der Waals surface area contributed by atoms with E-state index in [4.69, 9.17) is 10.3 Å². The summed E-state index contributed by atoms with van der Waals surface area (Å²) in [5.74, 6) is 0. The fourth-order valence-electron chi connectivity index (χ4n) is 0.0383. The quantitative estimate of drug-likeness (QED) is 0.271. The zero-order chi connectivity index (χ0) is 4.99. The molecule has 4 nitrogen and oxygen atoms in total. The lowest BCUT2D eigenvalue weighted by Crippen LogP contribution is -1.78. The molecule has 0 saturated carbocycles. The Bertz CT molecular complexity index is 79.6. The van der Waals surface area contributed by atoms with Crippen molar-refractivity contribution in [1.29, 1.82) is 0 Å². The van der Waals surface area contributed by atoms with Gasteiger partial charge in [-0.15, -0.1) is 0 Å². The zero-order valence-corrected chi connectivity index (χ0v) is 3.51. The summed E-state index contributed by atoms with van der Waals surface area (Å²) in [7, 11) is 0. The molecule has 34 valence electrons. The minimum atomic E-state index is -0.669. The summed E-state index contributed by atoms with van der Waals surface area (Å²) in [6.07, 6.45) is 0. The zero-order valence-electron chi connectivity index (χ0n) is 2.70. The summed E-state index contributed by atoms with van der Waals surface area (Å²) >= 11 is 3.93. The molecule has 6 heavy (non-hydrogen) atoms. The first-order chi connectivity index (χ1) is 2.77. The van der Waals surface area contributed by atoms with Gasteiger partial charge in [0.25, 0.3) is 0 Å². The van der Waals surface area contributed by atoms with Crippen LogP contribution in [0.4, 0.5) is 0 Å². The summed E-state index contributed by atoms with van der Waals surface area (Å²) in [6, 6.07) is 0. The molecule has 0 aromatic heterocycles. The van der Waals surface area contributed by atoms with Crippen LogP contribution in [-0.2, 0) is 0 Å². The van der Waals surface area contributed by atoms with Gasteiger partial charge in [-0.2, -0.15) is 0 Å². The number of rotatable bonds is 0. The Hall–Kier alpha value is -0.710. The monoisotopic (exact) mass is 106 g/mol. The lowest BCUT2D eigenvalue weighted by molar-refractivity contribution is 0.287. The molecule has 0 aliphatic carbocycles. The Morgan fingerprint density at radius 1 is 1.67 bits per heavy atom. The maximum absolute atomic E-state index is 7.86. The third kappa shape index (κ3) is 3.29. The molecular weight excluding hydrogens is 104 g/mol. The molecule has 2 N–H and O–H groups in total. The molecule has 0 aromatic carbocycles. The minimum Gasteiger partial charge on any atom is -0.484 e. The van der Waals surface area contributed by atoms with Crippen LogP contribution in [0, 0.1) is 0 Å². The SMILES string of the molecule is ON=NC(O)=S. The molecule has 0 fully saturated rings. The number of thiocarbonyl (C=S) groups is 1. The van der Waals surface area contributed by atoms with Gasteiger partial charge in [0.15, 0.2) is 0 Å². The van der Waals surface area contributed by atoms with Gasteiger partial charge in [-0.05, 0) is 12.2 Å². The fourth-order valence-corrected chi connectivity index (χ4v) is 0.0748. The van der Waals surface area contributed by atoms with Crippen molar-refractivity contribution in [3.05, 3.63) is 0 Å². The van der Waals surface area contributed by atoms with Gasteiger partial charge in [0.2, 0.25) is 0 Å². The predicted octanol–water partition coefficient (Wildman–Crippen LogP) is 0.671. The average molecular weight is 106 g/mol. The third-order valence-electron chi connectivity index (χ3n) is 0.130. The molecule has 0 rings (SSSR count). The van der Waals surface area contributed by atoms with Gasteiger partial charge in [-0.1, -0.05) is 5.11 Å². The maximum atomic E-state index is 7.86. The van der Waals surface area contributed by atoms with Crippen molar-refractivity contribution in [2.24, 2.45) is 10.4 Å². The highest BCUT2D eigenvalue weighted by Gasteiger charge is 1.75. The van der Waals surface area contributed by atoms with E-state index < -0.39 is 5.17 Å². The van der Waals surface area contributed by atoms with Crippen LogP contribution in [-0.4, -0.2) is 15.5 Å². The van der Waals surface area contributed by atoms with E-state index in [1.807, 2.05) is 0 Å². The van der Waals surface area contributed by atoms with Crippen LogP contribution < -0.4 is 0 Å². The van der Waals surface area contributed by atoms with E-state index in [0.29, 0.717) is 0 Å². The number of aliphatic hydroxyl groups excluding tert-OH is 1. The highest BCUT2D eigenvalue weighted by Crippen LogP contribution is 1.70. The second-order valence-corrected chi connectivity index (χ2v) is 0.837. The predicted molar refractivity (Wildman–Crippen MR) is 21.9 cm³/mol. The number of nitrogens with zero attached hydrogens (tertiary/aromatic N) is 2. The normalized spacial score (nSPS) is 9.33. The molecule has 0 amide bonds. The first-order valence-corrected chi connectivity index (χ1v) is 1.46. The molecule has 0 unspecified atom stereocenters. The van der Waals surface area contributed by atoms with Gasteiger partial charge >= 0.3 is 5.17 Å². The average Bonchev–Trinajstić information content (AvgIpc) is 1.35. The van der Waals surface area contributed by atoms with Crippen LogP contribution in [0.25, 0.3) is 0 Å². The van der Waals surface area contributed by atoms with Crippen LogP contribution in [0.15, 0.2) is 10.4 Å². The lowest BCUT2D eigenvalue weighted by atomic mass is 11.4. The van der Waals surface area contributed by atoms with Crippen molar-refractivity contribution in [2.45, 2.75) is 0 Å². The van der Waals surface area contributed by atoms with Gasteiger partial charge in [0.1, 0.15) is 0 Å². The summed E-state index contributed by atoms with van der Waals surface area (Å²) in [5.41, 5.74) is 0. The van der Waals surface area contributed by atoms with E-state index in [1.165, 1.54) is 0 Å². The molecule has 0 radical (unpaired) electrons. The molecule has 0 aromatic rings. The van der Waals surface area contributed by atoms with E-state index in [1.54, 1.807) is 0 Å². The molecule has 0 spiro atoms. The molecule has 0 bridgehead atoms. The Morgan fingerprint density at radius 2 is 2.17 bits per heavy atom. The summed E-state index contributed by atoms with van der Waals surface area (Å²) in [5, 5.41) is 19.4. The number of hydrogen-bond acceptors (Lipinski definition) is 2. The van der Waals surface area contributed by atoms with E-state index in [-0.39, 0.29) is 0 Å². The lowest BCUT2D eigenvalue weighted by Gasteiger charge is -1.70. The second-order valence-electron chi connectivity index (χ2n) is 0.472. The van der Waals surface area contributed by atoms with Crippen LogP contribution >= 0.6 is 12.2 Å². The Morgan fingerprint density at radius 3 is 2.17 bits per heavy atom. The molecule has 0 aliphatic rings. The van der Waals surface area contributed by atoms with E-state index in [2.05, 4.69) is 22.6 Å². The molecule has 0 saturated heterocycles. The van der Waals surface area contributed by atoms with E-state index >= 15 is 0 Å². The molecular formula is CH2N2O2S. The van der Waals surface area contributed by atoms with Crippen molar-refractivity contribution in [1.82, 2.24) is 0 Å². The summed E-state index contributed by atoms with van der Waals surface area (Å²) in [6.45, 7) is 0. The number of aliphatic hydroxyl groups is 1. The molecule has 0 aliphatic heterocycles. The topological polar surface area (TPSA) is 65.2 Å². The first kappa shape index (κ1) is 5.29. The van der Waals surface area contributed by atoms with Crippen LogP contribution in [0.2, 0.25) is 0 Å². The van der Waals surface area contributed by atoms with Crippen molar-refractivity contribution in [3.8, 4) is 0 Å². The maximum Gasteiger partial charge on any atom is 0.303 e. The van der Waals surface area contributed by atoms with Gasteiger partial charge < -0.3 is 10.3 Å². The van der Waals surface area contributed by atoms with Crippen molar-refractivity contribution < 1.29 is 10.3 Å². The van der Waals surface area contributed by atoms with E-state index in [0.717, 1.165) is 0 Å². The van der Waals surface area contributed by atoms with Crippen molar-refractivity contribution >= 4 is 17.4 Å². The minimum absolute atomic E-state index is 0.669. The number of hydrogen-bond donors (Lipinski definition) is 2. The van der Waals surface area contributed by atoms with Crippen LogP contribution in [0.3, 0.4) is 0 Å². The standard InChI is InChI=1S/CH2N2O2S/c4-1(6)2-3-5/h(H2,2,4,5,6). The molecule has 0 heterocycles. The van der Waals surface area contributed by atoms with Crippen molar-refractivity contribution in [3.63, 3.8) is 0 Å². The highest BCUT2D eigenvalue weighted by atomic mass is 32.1. The summed E-state index contributed by atoms with van der Waals surface area (Å²) < 4.78 is 0. The third-order valence-corrected chi connectivity index (χ3v) is 0.212. The largest absolute Gasteiger partial charge is 0.484 e. The van der Waals surface area contributed by atoms with Gasteiger partial charge in [0.05, 0.1) is 0 Å². The molecule has 5 heteroatoms. The van der Waals surface area contributed by atoms with Crippen molar-refractivity contribution in [2.75, 3.05) is 0 Å². The van der Waals surface area contributed by atoms with Gasteiger partial charge in [0, 0.05) is 5.28 Å². The van der Waals surface area contributed by atoms with E-state index in [9.17, 15) is 0 Å². The molecule has 0 atom stereocenters. The van der Waals surface area contributed by atoms with Crippen LogP contribution in [0.1, 0.15) is 0 Å². The van der Waals surface area contributed by atoms with Gasteiger partial charge in [-0.25, -0.2) is 0 Å². The highest BCUT2D eigenvalue weighted by molar-refractivity contribution is 7.79. The Kier molecular flexibility index (Phi) is 2.22. The van der Waals surface area contributed by atoms with Crippen LogP contribution in [0.5, 0.6) is 0 Å². The Balaban J connectivity index is 3.30. The smallest absolute Gasteiger partial charge is 0.303 e.